The predicted molar refractivity (Wildman–Crippen MR) is 393 cm³/mol. The van der Waals surface area contributed by atoms with Gasteiger partial charge in [0.15, 0.2) is 29.2 Å². The van der Waals surface area contributed by atoms with E-state index in [1.54, 1.807) is 74.5 Å². The summed E-state index contributed by atoms with van der Waals surface area (Å²) in [6.45, 7) is 16.8. The van der Waals surface area contributed by atoms with Crippen LogP contribution < -0.4 is 45.1 Å². The van der Waals surface area contributed by atoms with Gasteiger partial charge in [-0.25, -0.2) is 9.69 Å². The van der Waals surface area contributed by atoms with Crippen LogP contribution in [0.2, 0.25) is 0 Å². The molecule has 5 aliphatic rings. The van der Waals surface area contributed by atoms with Crippen LogP contribution >= 0.6 is 0 Å². The van der Waals surface area contributed by atoms with Crippen LogP contribution in [-0.4, -0.2) is 256 Å². The zero-order chi connectivity index (χ0) is 77.5. The number of imide groups is 1. The second-order valence-electron chi connectivity index (χ2n) is 26.8. The number of aliphatic hydroxyl groups is 1. The van der Waals surface area contributed by atoms with Crippen molar-refractivity contribution in [1.82, 2.24) is 30.7 Å². The van der Waals surface area contributed by atoms with E-state index in [1.165, 1.54) is 38.2 Å². The van der Waals surface area contributed by atoms with Crippen LogP contribution in [0.25, 0.3) is 0 Å². The van der Waals surface area contributed by atoms with E-state index < -0.39 is 54.1 Å². The van der Waals surface area contributed by atoms with Crippen LogP contribution in [-0.2, 0) is 78.0 Å². The number of unbranched alkanes of at least 4 members (excludes halogenated alkanes) is 2. The molecule has 1 fully saturated rings. The third-order valence-electron chi connectivity index (χ3n) is 18.0. The Hall–Kier alpha value is -9.12. The number of carbonyl (C=O) groups excluding carboxylic acids is 9. The van der Waals surface area contributed by atoms with E-state index >= 15 is 0 Å². The zero-order valence-corrected chi connectivity index (χ0v) is 63.1. The fraction of sp³-hybridized carbons (Fsp3) is 0.579. The fourth-order valence-corrected chi connectivity index (χ4v) is 12.2. The summed E-state index contributed by atoms with van der Waals surface area (Å²) >= 11 is 0. The number of anilines is 2. The number of rotatable bonds is 48. The molecule has 0 aliphatic carbocycles. The van der Waals surface area contributed by atoms with E-state index in [9.17, 15) is 48.3 Å². The van der Waals surface area contributed by atoms with E-state index in [0.717, 1.165) is 27.4 Å². The van der Waals surface area contributed by atoms with Crippen LogP contribution in [0.5, 0.6) is 23.0 Å². The van der Waals surface area contributed by atoms with Crippen LogP contribution in [0.3, 0.4) is 0 Å². The molecule has 9 amide bonds. The second-order valence-corrected chi connectivity index (χ2v) is 26.8. The summed E-state index contributed by atoms with van der Waals surface area (Å²) in [6, 6.07) is 9.93. The lowest BCUT2D eigenvalue weighted by atomic mass is 10.0. The fourth-order valence-electron chi connectivity index (χ4n) is 12.2. The maximum absolute atomic E-state index is 14.3. The van der Waals surface area contributed by atoms with Crippen LogP contribution in [0, 0.1) is 11.8 Å². The molecular weight excluding hydrogens is 1410 g/mol. The number of amides is 9. The Morgan fingerprint density at radius 1 is 0.583 bits per heavy atom. The molecule has 3 aromatic rings. The number of carbonyl (C=O) groups is 9. The summed E-state index contributed by atoms with van der Waals surface area (Å²) in [4.78, 5) is 127. The lowest BCUT2D eigenvalue weighted by molar-refractivity contribution is -0.139. The molecule has 1 unspecified atom stereocenters. The van der Waals surface area contributed by atoms with E-state index in [4.69, 9.17) is 61.6 Å². The number of nitrogens with zero attached hydrogens (tertiary/aromatic N) is 5. The van der Waals surface area contributed by atoms with E-state index in [1.807, 2.05) is 20.0 Å². The molecule has 5 N–H and O–H groups in total. The number of hydrogen-bond donors (Lipinski definition) is 5. The number of benzene rings is 3. The van der Waals surface area contributed by atoms with Crippen LogP contribution in [0.15, 0.2) is 77.1 Å². The van der Waals surface area contributed by atoms with Gasteiger partial charge >= 0.3 is 6.09 Å². The van der Waals surface area contributed by atoms with Gasteiger partial charge in [0.05, 0.1) is 168 Å². The van der Waals surface area contributed by atoms with Crippen molar-refractivity contribution in [1.29, 1.82) is 0 Å². The normalized spacial score (nSPS) is 17.8. The van der Waals surface area contributed by atoms with Crippen molar-refractivity contribution in [2.24, 2.45) is 16.8 Å². The lowest BCUT2D eigenvalue weighted by Gasteiger charge is -2.31. The first kappa shape index (κ1) is 84.5. The highest BCUT2D eigenvalue weighted by atomic mass is 16.6. The van der Waals surface area contributed by atoms with Gasteiger partial charge in [0.1, 0.15) is 18.7 Å². The summed E-state index contributed by atoms with van der Waals surface area (Å²) in [6.07, 6.45) is 6.02. The Balaban J connectivity index is 0.646. The monoisotopic (exact) mass is 1510 g/mol. The Kier molecular flexibility index (Phi) is 34.2. The molecule has 0 saturated carbocycles. The molecule has 8 rings (SSSR count). The molecule has 5 aliphatic heterocycles. The topological polar surface area (TPSA) is 367 Å². The maximum atomic E-state index is 14.3. The van der Waals surface area contributed by atoms with Gasteiger partial charge in [-0.15, -0.1) is 0 Å². The van der Waals surface area contributed by atoms with Crippen molar-refractivity contribution in [3.05, 3.63) is 88.8 Å². The first-order chi connectivity index (χ1) is 52.1. The average Bonchev–Trinajstić information content (AvgIpc) is 1.66. The summed E-state index contributed by atoms with van der Waals surface area (Å²) in [5.74, 6) is -2.11. The zero-order valence-electron chi connectivity index (χ0n) is 63.1. The Morgan fingerprint density at radius 3 is 1.69 bits per heavy atom. The highest BCUT2D eigenvalue weighted by Crippen LogP contribution is 2.43. The van der Waals surface area contributed by atoms with Crippen molar-refractivity contribution in [3.63, 3.8) is 0 Å². The van der Waals surface area contributed by atoms with Crippen molar-refractivity contribution >= 4 is 76.6 Å². The standard InChI is InChI=1S/C76H105N9O23/c1-49(2)69(81-67(87)17-22-98-24-26-100-28-30-102-32-34-104-36-37-105-35-33-103-31-29-101-27-25-99-23-18-77-66(86)16-19-82-68(88)40-52(5)72(82)91)71(90)79-53(6)70(89)80-55-14-12-54(13-15-55)48-108-76(95)85-60-44-65(63(97-8)42-58(60)74(93)84-47-51(4)39-61(84)75(85)94)107-21-11-9-10-20-106-64-43-59-57(41-62(64)96-7)73(92)83-46-50(3)38-56(83)45-78-59/h12-15,41-47,49,52-53,56,61,69,75,94H,9-11,16-40,48H2,1-8H3,(H,77,86)(H,79,90)(H,80,89)(H,81,87)/t52?,53-,56-,61-,69-,75-/m0/s1. The number of aliphatic hydroxyl groups excluding tert-OH is 1. The summed E-state index contributed by atoms with van der Waals surface area (Å²) in [5, 5.41) is 22.9. The summed E-state index contributed by atoms with van der Waals surface area (Å²) in [7, 11) is 2.96. The van der Waals surface area contributed by atoms with Crippen LogP contribution in [0.1, 0.15) is 119 Å². The minimum atomic E-state index is -1.53. The smallest absolute Gasteiger partial charge is 0.416 e. The van der Waals surface area contributed by atoms with Gasteiger partial charge in [-0.2, -0.15) is 0 Å². The average molecular weight is 1510 g/mol. The molecule has 32 nitrogen and oxygen atoms in total. The number of ether oxygens (including phenoxy) is 13. The lowest BCUT2D eigenvalue weighted by Crippen LogP contribution is -2.53. The molecule has 0 spiro atoms. The molecule has 0 aromatic heterocycles. The first-order valence-electron chi connectivity index (χ1n) is 36.8. The molecule has 5 heterocycles. The molecule has 0 radical (unpaired) electrons. The highest BCUT2D eigenvalue weighted by molar-refractivity contribution is 6.07. The minimum absolute atomic E-state index is 0.0141. The van der Waals surface area contributed by atoms with Gasteiger partial charge in [-0.1, -0.05) is 44.1 Å². The Bertz CT molecular complexity index is 3630. The number of nitrogens with one attached hydrogen (secondary N) is 4. The van der Waals surface area contributed by atoms with E-state index in [-0.39, 0.29) is 123 Å². The quantitative estimate of drug-likeness (QED) is 0.0331. The first-order valence-corrected chi connectivity index (χ1v) is 36.8. The van der Waals surface area contributed by atoms with E-state index in [0.29, 0.717) is 159 Å². The predicted octanol–water partition coefficient (Wildman–Crippen LogP) is 5.77. The number of fused-ring (bicyclic) bond motifs is 4. The number of hydrogen-bond acceptors (Lipinski definition) is 24. The SMILES string of the molecule is COc1cc2c(cc1OCCCCCOc1cc3c(cc1OC)C(=O)N1C=C(C)C[C@H]1[C@H](O)N3C(=O)OCc1ccc(NC(=O)[C@H](C)NC(=O)[C@@H](NC(=O)CCOCCOCCOCCOCCOCCOCCOCCOCCNC(=O)CCN3C(=O)CC(C)C3=O)C(C)C)cc1)N=C[C@@H]1CC(C)=CN1C2=O. The Labute approximate surface area is 629 Å². The van der Waals surface area contributed by atoms with Gasteiger partial charge in [0, 0.05) is 74.7 Å². The molecule has 1 saturated heterocycles. The van der Waals surface area contributed by atoms with Gasteiger partial charge in [-0.05, 0) is 88.6 Å². The minimum Gasteiger partial charge on any atom is -0.493 e. The van der Waals surface area contributed by atoms with Crippen molar-refractivity contribution in [2.75, 3.05) is 156 Å². The van der Waals surface area contributed by atoms with Crippen molar-refractivity contribution in [3.8, 4) is 23.0 Å². The summed E-state index contributed by atoms with van der Waals surface area (Å²) in [5.41, 5.74) is 3.92. The van der Waals surface area contributed by atoms with Gasteiger partial charge in [0.2, 0.25) is 35.4 Å². The third-order valence-corrected chi connectivity index (χ3v) is 18.0. The maximum Gasteiger partial charge on any atom is 0.416 e. The summed E-state index contributed by atoms with van der Waals surface area (Å²) < 4.78 is 73.6. The molecule has 3 aromatic carbocycles. The third kappa shape index (κ3) is 25.2. The molecular formula is C76H105N9O23. The highest BCUT2D eigenvalue weighted by Gasteiger charge is 2.45. The molecule has 0 bridgehead atoms. The van der Waals surface area contributed by atoms with Gasteiger partial charge in [-0.3, -0.25) is 48.2 Å². The number of aliphatic imine (C=N–C) groups is 1. The van der Waals surface area contributed by atoms with Crippen molar-refractivity contribution < 1.29 is 110 Å². The van der Waals surface area contributed by atoms with Gasteiger partial charge < -0.3 is 97.8 Å². The second kappa shape index (κ2) is 43.8. The van der Waals surface area contributed by atoms with Gasteiger partial charge in [0.25, 0.3) is 11.8 Å². The number of methoxy groups -OCH3 is 2. The van der Waals surface area contributed by atoms with Crippen LogP contribution in [0.4, 0.5) is 21.9 Å². The molecule has 108 heavy (non-hydrogen) atoms. The molecule has 592 valence electrons. The number of likely N-dealkylation sites (tertiary alicyclic amines) is 1. The Morgan fingerprint density at radius 2 is 1.12 bits per heavy atom. The van der Waals surface area contributed by atoms with Crippen molar-refractivity contribution in [2.45, 2.75) is 130 Å². The largest absolute Gasteiger partial charge is 0.493 e. The molecule has 6 atom stereocenters. The van der Waals surface area contributed by atoms with E-state index in [2.05, 4.69) is 26.3 Å². The molecule has 32 heteroatoms.